The second-order valence-corrected chi connectivity index (χ2v) is 11.9. The Balaban J connectivity index is 1.42. The number of fused-ring (bicyclic) bond motifs is 5. The van der Waals surface area contributed by atoms with Gasteiger partial charge in [0.25, 0.3) is 0 Å². The summed E-state index contributed by atoms with van der Waals surface area (Å²) >= 11 is 6.19. The molecule has 3 aliphatic carbocycles. The van der Waals surface area contributed by atoms with Crippen LogP contribution in [0.5, 0.6) is 0 Å². The molecule has 1 aromatic rings. The van der Waals surface area contributed by atoms with E-state index in [9.17, 15) is 14.9 Å². The van der Waals surface area contributed by atoms with Gasteiger partial charge in [-0.3, -0.25) is 9.59 Å². The first kappa shape index (κ1) is 23.4. The number of carbonyl (C=O) groups is 2. The van der Waals surface area contributed by atoms with E-state index >= 15 is 0 Å². The quantitative estimate of drug-likeness (QED) is 0.553. The minimum absolute atomic E-state index is 0.0141. The molecule has 0 spiro atoms. The summed E-state index contributed by atoms with van der Waals surface area (Å²) in [5.41, 5.74) is 3.44. The molecule has 1 saturated heterocycles. The number of anilines is 1. The van der Waals surface area contributed by atoms with Gasteiger partial charge < -0.3 is 10.2 Å². The molecular formula is C28H34ClN3O2. The number of likely N-dealkylation sites (tertiary alicyclic amines) is 1. The molecule has 3 fully saturated rings. The molecule has 0 radical (unpaired) electrons. The van der Waals surface area contributed by atoms with Gasteiger partial charge in [0.1, 0.15) is 6.07 Å². The van der Waals surface area contributed by atoms with E-state index in [4.69, 9.17) is 11.6 Å². The van der Waals surface area contributed by atoms with Gasteiger partial charge in [-0.15, -0.1) is 0 Å². The van der Waals surface area contributed by atoms with Gasteiger partial charge in [-0.05, 0) is 80.8 Å². The fourth-order valence-corrected chi connectivity index (χ4v) is 8.72. The van der Waals surface area contributed by atoms with Crippen LogP contribution in [-0.2, 0) is 9.59 Å². The number of hydrogen-bond acceptors (Lipinski definition) is 3. The fraction of sp³-hybridized carbons (Fsp3) is 0.607. The SMILES string of the molecule is CC1=C2N(C)C(=O)CC[C@]2(C)[C@@H]2CC[C@]3(C)C(C(=O)Nc4cccc(Cl)c4C#N)CC[C@H]3[C@@H]2C1. The number of rotatable bonds is 2. The van der Waals surface area contributed by atoms with Crippen LogP contribution in [0, 0.1) is 45.8 Å². The Morgan fingerprint density at radius 1 is 1.21 bits per heavy atom. The third kappa shape index (κ3) is 3.25. The van der Waals surface area contributed by atoms with Crippen molar-refractivity contribution in [3.8, 4) is 6.07 Å². The van der Waals surface area contributed by atoms with E-state index in [2.05, 4.69) is 32.2 Å². The lowest BCUT2D eigenvalue weighted by Crippen LogP contribution is -2.54. The molecular weight excluding hydrogens is 446 g/mol. The molecule has 1 heterocycles. The van der Waals surface area contributed by atoms with Crippen LogP contribution >= 0.6 is 11.6 Å². The van der Waals surface area contributed by atoms with Gasteiger partial charge in [0.15, 0.2) is 0 Å². The molecule has 2 saturated carbocycles. The van der Waals surface area contributed by atoms with E-state index in [1.165, 1.54) is 11.3 Å². The van der Waals surface area contributed by atoms with E-state index in [1.807, 2.05) is 11.9 Å². The Bertz CT molecular complexity index is 1140. The Labute approximate surface area is 207 Å². The van der Waals surface area contributed by atoms with Crippen LogP contribution in [0.2, 0.25) is 5.02 Å². The predicted molar refractivity (Wildman–Crippen MR) is 133 cm³/mol. The monoisotopic (exact) mass is 479 g/mol. The van der Waals surface area contributed by atoms with E-state index in [0.717, 1.165) is 38.5 Å². The van der Waals surface area contributed by atoms with Gasteiger partial charge in [0, 0.05) is 30.5 Å². The maximum Gasteiger partial charge on any atom is 0.228 e. The zero-order valence-corrected chi connectivity index (χ0v) is 21.3. The van der Waals surface area contributed by atoms with Gasteiger partial charge in [0.05, 0.1) is 16.3 Å². The lowest BCUT2D eigenvalue weighted by atomic mass is 9.48. The van der Waals surface area contributed by atoms with Crippen molar-refractivity contribution >= 4 is 29.1 Å². The smallest absolute Gasteiger partial charge is 0.228 e. The summed E-state index contributed by atoms with van der Waals surface area (Å²) in [4.78, 5) is 28.0. The average molecular weight is 480 g/mol. The first-order valence-corrected chi connectivity index (χ1v) is 13.0. The number of hydrogen-bond donors (Lipinski definition) is 1. The molecule has 1 N–H and O–H groups in total. The van der Waals surface area contributed by atoms with Crippen molar-refractivity contribution in [1.29, 1.82) is 5.26 Å². The average Bonchev–Trinajstić information content (AvgIpc) is 3.14. The Morgan fingerprint density at radius 2 is 1.97 bits per heavy atom. The summed E-state index contributed by atoms with van der Waals surface area (Å²) in [6, 6.07) is 7.32. The zero-order chi connectivity index (χ0) is 24.4. The van der Waals surface area contributed by atoms with E-state index in [1.54, 1.807) is 18.2 Å². The highest BCUT2D eigenvalue weighted by atomic mass is 35.5. The maximum atomic E-state index is 13.5. The number of benzene rings is 1. The standard InChI is InChI=1S/C28H34ClN3O2/c1-16-14-17-19-8-9-21(26(34)31-23-7-5-6-22(29)18(23)15-30)27(19,2)12-10-20(17)28(3)13-11-24(33)32(4)25(16)28/h5-7,17,19-21H,8-14H2,1-4H3,(H,31,34)/t17-,19-,20+,21?,27-,28+/m0/s1. The Kier molecular flexibility index (Phi) is 5.60. The van der Waals surface area contributed by atoms with Crippen LogP contribution in [0.3, 0.4) is 0 Å². The zero-order valence-electron chi connectivity index (χ0n) is 20.6. The highest BCUT2D eigenvalue weighted by Gasteiger charge is 2.61. The molecule has 6 atom stereocenters. The molecule has 6 heteroatoms. The minimum atomic E-state index is -0.0712. The third-order valence-electron chi connectivity index (χ3n) is 10.0. The molecule has 0 aromatic heterocycles. The Morgan fingerprint density at radius 3 is 2.71 bits per heavy atom. The number of nitrogens with one attached hydrogen (secondary N) is 1. The van der Waals surface area contributed by atoms with Crippen molar-refractivity contribution in [1.82, 2.24) is 4.90 Å². The number of amides is 2. The van der Waals surface area contributed by atoms with E-state index in [0.29, 0.717) is 40.4 Å². The molecule has 34 heavy (non-hydrogen) atoms. The summed E-state index contributed by atoms with van der Waals surface area (Å²) in [6.45, 7) is 6.92. The number of nitrogens with zero attached hydrogens (tertiary/aromatic N) is 2. The van der Waals surface area contributed by atoms with Gasteiger partial charge >= 0.3 is 0 Å². The van der Waals surface area contributed by atoms with Gasteiger partial charge in [0.2, 0.25) is 11.8 Å². The third-order valence-corrected chi connectivity index (χ3v) is 10.3. The molecule has 5 nitrogen and oxygen atoms in total. The number of carbonyl (C=O) groups excluding carboxylic acids is 2. The van der Waals surface area contributed by atoms with Crippen molar-refractivity contribution < 1.29 is 9.59 Å². The maximum absolute atomic E-state index is 13.5. The first-order chi connectivity index (χ1) is 16.1. The lowest BCUT2D eigenvalue weighted by molar-refractivity contribution is -0.137. The van der Waals surface area contributed by atoms with Crippen molar-refractivity contribution in [2.45, 2.75) is 65.7 Å². The normalized spacial score (nSPS) is 36.9. The van der Waals surface area contributed by atoms with Crippen LogP contribution in [0.25, 0.3) is 0 Å². The molecule has 0 bridgehead atoms. The largest absolute Gasteiger partial charge is 0.325 e. The summed E-state index contributed by atoms with van der Waals surface area (Å²) in [5, 5.41) is 12.9. The summed E-state index contributed by atoms with van der Waals surface area (Å²) in [6.07, 6.45) is 6.64. The number of halogens is 1. The number of piperidine rings is 1. The molecule has 4 aliphatic rings. The fourth-order valence-electron chi connectivity index (χ4n) is 8.50. The van der Waals surface area contributed by atoms with Crippen LogP contribution in [0.1, 0.15) is 71.3 Å². The van der Waals surface area contributed by atoms with Crippen molar-refractivity contribution in [3.05, 3.63) is 40.1 Å². The summed E-state index contributed by atoms with van der Waals surface area (Å²) in [7, 11) is 1.95. The van der Waals surface area contributed by atoms with Crippen LogP contribution in [-0.4, -0.2) is 23.8 Å². The van der Waals surface area contributed by atoms with Crippen molar-refractivity contribution in [2.75, 3.05) is 12.4 Å². The second-order valence-electron chi connectivity index (χ2n) is 11.5. The van der Waals surface area contributed by atoms with Crippen LogP contribution in [0.15, 0.2) is 29.5 Å². The molecule has 1 aromatic carbocycles. The van der Waals surface area contributed by atoms with Crippen LogP contribution < -0.4 is 5.32 Å². The molecule has 5 rings (SSSR count). The molecule has 1 aliphatic heterocycles. The lowest BCUT2D eigenvalue weighted by Gasteiger charge is -2.59. The predicted octanol–water partition coefficient (Wildman–Crippen LogP) is 6.15. The summed E-state index contributed by atoms with van der Waals surface area (Å²) < 4.78 is 0. The molecule has 2 amide bonds. The first-order valence-electron chi connectivity index (χ1n) is 12.6. The highest BCUT2D eigenvalue weighted by Crippen LogP contribution is 2.66. The number of nitriles is 1. The van der Waals surface area contributed by atoms with Gasteiger partial charge in [-0.2, -0.15) is 5.26 Å². The molecule has 180 valence electrons. The topological polar surface area (TPSA) is 73.2 Å². The number of allylic oxidation sites excluding steroid dienone is 2. The van der Waals surface area contributed by atoms with Crippen LogP contribution in [0.4, 0.5) is 5.69 Å². The van der Waals surface area contributed by atoms with E-state index in [-0.39, 0.29) is 28.6 Å². The highest BCUT2D eigenvalue weighted by molar-refractivity contribution is 6.32. The van der Waals surface area contributed by atoms with Gasteiger partial charge in [-0.25, -0.2) is 0 Å². The van der Waals surface area contributed by atoms with Gasteiger partial charge in [-0.1, -0.05) is 37.1 Å². The van der Waals surface area contributed by atoms with Crippen molar-refractivity contribution in [2.24, 2.45) is 34.5 Å². The van der Waals surface area contributed by atoms with E-state index < -0.39 is 0 Å². The minimum Gasteiger partial charge on any atom is -0.325 e. The summed E-state index contributed by atoms with van der Waals surface area (Å²) in [5.74, 6) is 1.78. The van der Waals surface area contributed by atoms with Crippen molar-refractivity contribution in [3.63, 3.8) is 0 Å². The Hall–Kier alpha value is -2.32. The molecule has 1 unspecified atom stereocenters. The second kappa shape index (κ2) is 8.12.